The van der Waals surface area contributed by atoms with Gasteiger partial charge in [0.1, 0.15) is 0 Å². The Morgan fingerprint density at radius 3 is 2.67 bits per heavy atom. The Kier molecular flexibility index (Phi) is 6.45. The first-order chi connectivity index (χ1) is 13.1. The Bertz CT molecular complexity index is 813. The van der Waals surface area contributed by atoms with Crippen LogP contribution in [-0.2, 0) is 4.79 Å². The van der Waals surface area contributed by atoms with E-state index in [2.05, 4.69) is 29.0 Å². The van der Waals surface area contributed by atoms with Crippen LogP contribution in [0.3, 0.4) is 0 Å². The largest absolute Gasteiger partial charge is 0.480 e. The summed E-state index contributed by atoms with van der Waals surface area (Å²) in [6, 6.07) is 10.2. The molecule has 1 fully saturated rings. The number of rotatable bonds is 5. The zero-order valence-corrected chi connectivity index (χ0v) is 16.4. The maximum absolute atomic E-state index is 12.6. The van der Waals surface area contributed by atoms with E-state index < -0.39 is 0 Å². The van der Waals surface area contributed by atoms with E-state index >= 15 is 0 Å². The molecule has 142 valence electrons. The number of amides is 1. The Morgan fingerprint density at radius 1 is 1.30 bits per heavy atom. The standard InChI is InChI=1S/C21H24ClN3O2/c1-15(17-6-4-3-5-7-17)12-19(26)25-10-8-16(9-11-25)13-18-14-23-21(22)24-20(18)27-2/h3-7,13-15H,8-12H2,1-2H3/t15-/m1/s1. The van der Waals surface area contributed by atoms with E-state index in [9.17, 15) is 4.79 Å². The molecule has 0 aliphatic carbocycles. The lowest BCUT2D eigenvalue weighted by Crippen LogP contribution is -2.36. The van der Waals surface area contributed by atoms with Gasteiger partial charge in [-0.2, -0.15) is 4.98 Å². The van der Waals surface area contributed by atoms with Crippen LogP contribution >= 0.6 is 11.6 Å². The Labute approximate surface area is 165 Å². The maximum Gasteiger partial charge on any atom is 0.225 e. The molecule has 0 radical (unpaired) electrons. The number of ether oxygens (including phenoxy) is 1. The van der Waals surface area contributed by atoms with Crippen molar-refractivity contribution < 1.29 is 9.53 Å². The van der Waals surface area contributed by atoms with Crippen molar-refractivity contribution >= 4 is 23.6 Å². The van der Waals surface area contributed by atoms with Crippen molar-refractivity contribution in [2.75, 3.05) is 20.2 Å². The van der Waals surface area contributed by atoms with Gasteiger partial charge < -0.3 is 9.64 Å². The molecule has 1 saturated heterocycles. The van der Waals surface area contributed by atoms with Crippen molar-refractivity contribution in [2.45, 2.75) is 32.1 Å². The number of methoxy groups -OCH3 is 1. The van der Waals surface area contributed by atoms with Gasteiger partial charge in [-0.05, 0) is 42.0 Å². The summed E-state index contributed by atoms with van der Waals surface area (Å²) in [5, 5.41) is 0.168. The van der Waals surface area contributed by atoms with Crippen molar-refractivity contribution in [1.29, 1.82) is 0 Å². The third-order valence-corrected chi connectivity index (χ3v) is 5.09. The number of hydrogen-bond donors (Lipinski definition) is 0. The molecule has 0 unspecified atom stereocenters. The van der Waals surface area contributed by atoms with Crippen LogP contribution in [0.4, 0.5) is 0 Å². The van der Waals surface area contributed by atoms with Crippen LogP contribution in [0, 0.1) is 0 Å². The van der Waals surface area contributed by atoms with Gasteiger partial charge in [-0.15, -0.1) is 0 Å². The number of aromatic nitrogens is 2. The predicted molar refractivity (Wildman–Crippen MR) is 107 cm³/mol. The average Bonchev–Trinajstić information content (AvgIpc) is 2.70. The summed E-state index contributed by atoms with van der Waals surface area (Å²) < 4.78 is 5.27. The van der Waals surface area contributed by atoms with E-state index in [1.165, 1.54) is 11.1 Å². The van der Waals surface area contributed by atoms with Gasteiger partial charge in [0.05, 0.1) is 12.7 Å². The first kappa shape index (κ1) is 19.4. The van der Waals surface area contributed by atoms with Crippen molar-refractivity contribution in [3.63, 3.8) is 0 Å². The van der Waals surface area contributed by atoms with E-state index in [0.717, 1.165) is 31.5 Å². The van der Waals surface area contributed by atoms with Gasteiger partial charge in [0, 0.05) is 25.7 Å². The number of likely N-dealkylation sites (tertiary alicyclic amines) is 1. The number of benzene rings is 1. The third-order valence-electron chi connectivity index (χ3n) is 4.91. The molecule has 0 saturated carbocycles. The molecule has 1 aliphatic rings. The molecular formula is C21H24ClN3O2. The highest BCUT2D eigenvalue weighted by molar-refractivity contribution is 6.28. The van der Waals surface area contributed by atoms with Crippen LogP contribution in [0.5, 0.6) is 5.88 Å². The number of nitrogens with zero attached hydrogens (tertiary/aromatic N) is 3. The number of halogens is 1. The monoisotopic (exact) mass is 385 g/mol. The molecule has 6 heteroatoms. The van der Waals surface area contributed by atoms with Crippen molar-refractivity contribution in [3.8, 4) is 5.88 Å². The van der Waals surface area contributed by atoms with Crippen molar-refractivity contribution in [3.05, 3.63) is 58.5 Å². The lowest BCUT2D eigenvalue weighted by Gasteiger charge is -2.29. The molecule has 2 aromatic rings. The molecule has 1 aromatic carbocycles. The van der Waals surface area contributed by atoms with Gasteiger partial charge in [0.25, 0.3) is 0 Å². The van der Waals surface area contributed by atoms with Crippen LogP contribution in [-0.4, -0.2) is 41.0 Å². The van der Waals surface area contributed by atoms with E-state index in [4.69, 9.17) is 16.3 Å². The lowest BCUT2D eigenvalue weighted by molar-refractivity contribution is -0.131. The summed E-state index contributed by atoms with van der Waals surface area (Å²) in [6.07, 6.45) is 5.94. The Balaban J connectivity index is 1.58. The van der Waals surface area contributed by atoms with Crippen molar-refractivity contribution in [2.24, 2.45) is 0 Å². The second kappa shape index (κ2) is 9.00. The molecule has 27 heavy (non-hydrogen) atoms. The van der Waals surface area contributed by atoms with Gasteiger partial charge in [0.15, 0.2) is 0 Å². The molecule has 1 aromatic heterocycles. The first-order valence-corrected chi connectivity index (χ1v) is 9.53. The van der Waals surface area contributed by atoms with E-state index in [1.54, 1.807) is 13.3 Å². The Morgan fingerprint density at radius 2 is 2.00 bits per heavy atom. The molecule has 0 spiro atoms. The number of piperidine rings is 1. The summed E-state index contributed by atoms with van der Waals surface area (Å²) in [7, 11) is 1.57. The minimum atomic E-state index is 0.168. The number of carbonyl (C=O) groups excluding carboxylic acids is 1. The van der Waals surface area contributed by atoms with E-state index in [0.29, 0.717) is 12.3 Å². The van der Waals surface area contributed by atoms with Crippen LogP contribution < -0.4 is 4.74 Å². The molecular weight excluding hydrogens is 362 g/mol. The fourth-order valence-electron chi connectivity index (χ4n) is 3.32. The SMILES string of the molecule is COc1nc(Cl)ncc1C=C1CCN(C(=O)C[C@@H](C)c2ccccc2)CC1. The summed E-state index contributed by atoms with van der Waals surface area (Å²) in [5.74, 6) is 0.918. The van der Waals surface area contributed by atoms with Crippen LogP contribution in [0.15, 0.2) is 42.1 Å². The highest BCUT2D eigenvalue weighted by Crippen LogP contribution is 2.26. The molecule has 0 bridgehead atoms. The van der Waals surface area contributed by atoms with Crippen molar-refractivity contribution in [1.82, 2.24) is 14.9 Å². The molecule has 3 rings (SSSR count). The summed E-state index contributed by atoms with van der Waals surface area (Å²) >= 11 is 5.81. The topological polar surface area (TPSA) is 55.3 Å². The summed E-state index contributed by atoms with van der Waals surface area (Å²) in [6.45, 7) is 3.58. The molecule has 1 atom stereocenters. The van der Waals surface area contributed by atoms with Crippen LogP contribution in [0.2, 0.25) is 5.28 Å². The van der Waals surface area contributed by atoms with Gasteiger partial charge in [-0.1, -0.05) is 42.8 Å². The van der Waals surface area contributed by atoms with Gasteiger partial charge >= 0.3 is 0 Å². The number of hydrogen-bond acceptors (Lipinski definition) is 4. The van der Waals surface area contributed by atoms with Crippen LogP contribution in [0.25, 0.3) is 6.08 Å². The van der Waals surface area contributed by atoms with E-state index in [-0.39, 0.29) is 17.1 Å². The molecule has 0 N–H and O–H groups in total. The van der Waals surface area contributed by atoms with E-state index in [1.807, 2.05) is 29.2 Å². The van der Waals surface area contributed by atoms with Gasteiger partial charge in [-0.3, -0.25) is 4.79 Å². The second-order valence-electron chi connectivity index (χ2n) is 6.80. The van der Waals surface area contributed by atoms with Gasteiger partial charge in [0.2, 0.25) is 17.1 Å². The molecule has 1 amide bonds. The minimum absolute atomic E-state index is 0.168. The fraction of sp³-hybridized carbons (Fsp3) is 0.381. The predicted octanol–water partition coefficient (Wildman–Crippen LogP) is 4.34. The average molecular weight is 386 g/mol. The second-order valence-corrected chi connectivity index (χ2v) is 7.14. The van der Waals surface area contributed by atoms with Crippen LogP contribution in [0.1, 0.15) is 43.2 Å². The smallest absolute Gasteiger partial charge is 0.225 e. The molecule has 2 heterocycles. The summed E-state index contributed by atoms with van der Waals surface area (Å²) in [5.41, 5.74) is 3.28. The Hall–Kier alpha value is -2.40. The highest BCUT2D eigenvalue weighted by Gasteiger charge is 2.21. The zero-order chi connectivity index (χ0) is 19.2. The fourth-order valence-corrected chi connectivity index (χ4v) is 3.44. The van der Waals surface area contributed by atoms with Gasteiger partial charge in [-0.25, -0.2) is 4.98 Å². The zero-order valence-electron chi connectivity index (χ0n) is 15.7. The maximum atomic E-state index is 12.6. The molecule has 5 nitrogen and oxygen atoms in total. The molecule has 1 aliphatic heterocycles. The lowest BCUT2D eigenvalue weighted by atomic mass is 9.96. The highest BCUT2D eigenvalue weighted by atomic mass is 35.5. The quantitative estimate of drug-likeness (QED) is 0.718. The first-order valence-electron chi connectivity index (χ1n) is 9.15. The number of carbonyl (C=O) groups is 1. The minimum Gasteiger partial charge on any atom is -0.480 e. The normalized spacial score (nSPS) is 15.4. The summed E-state index contributed by atoms with van der Waals surface area (Å²) in [4.78, 5) is 22.7. The third kappa shape index (κ3) is 5.07.